The molecule has 6 heteroatoms. The van der Waals surface area contributed by atoms with Crippen molar-refractivity contribution in [1.29, 1.82) is 0 Å². The molecule has 5 nitrogen and oxygen atoms in total. The molecule has 0 unspecified atom stereocenters. The lowest BCUT2D eigenvalue weighted by atomic mass is 9.96. The van der Waals surface area contributed by atoms with Crippen LogP contribution < -0.4 is 10.2 Å². The largest absolute Gasteiger partial charge is 0.368 e. The van der Waals surface area contributed by atoms with Crippen molar-refractivity contribution in [3.63, 3.8) is 0 Å². The molecule has 0 bridgehead atoms. The third kappa shape index (κ3) is 4.68. The topological polar surface area (TPSA) is 52.7 Å². The van der Waals surface area contributed by atoms with Crippen LogP contribution in [0.4, 0.5) is 10.1 Å². The number of hydrogen-bond acceptors (Lipinski definition) is 3. The summed E-state index contributed by atoms with van der Waals surface area (Å²) in [6.45, 7) is 8.07. The Morgan fingerprint density at radius 3 is 2.17 bits per heavy atom. The maximum Gasteiger partial charge on any atom is 0.242 e. The van der Waals surface area contributed by atoms with Crippen molar-refractivity contribution >= 4 is 17.5 Å². The van der Waals surface area contributed by atoms with Gasteiger partial charge in [0.25, 0.3) is 0 Å². The summed E-state index contributed by atoms with van der Waals surface area (Å²) in [5.41, 5.74) is 0.459. The van der Waals surface area contributed by atoms with Crippen LogP contribution in [-0.2, 0) is 9.59 Å². The molecule has 1 saturated heterocycles. The second-order valence-corrected chi connectivity index (χ2v) is 6.78. The first-order chi connectivity index (χ1) is 10.8. The van der Waals surface area contributed by atoms with Crippen LogP contribution >= 0.6 is 0 Å². The number of amides is 2. The Morgan fingerprint density at radius 1 is 1.09 bits per heavy atom. The van der Waals surface area contributed by atoms with Gasteiger partial charge in [0.2, 0.25) is 11.8 Å². The highest BCUT2D eigenvalue weighted by atomic mass is 19.1. The molecular formula is C17H24FN3O2. The van der Waals surface area contributed by atoms with Gasteiger partial charge in [-0.25, -0.2) is 4.39 Å². The van der Waals surface area contributed by atoms with E-state index in [0.717, 1.165) is 5.69 Å². The summed E-state index contributed by atoms with van der Waals surface area (Å²) in [4.78, 5) is 27.8. The molecule has 1 aliphatic heterocycles. The second kappa shape index (κ2) is 6.98. The van der Waals surface area contributed by atoms with E-state index in [1.165, 1.54) is 12.1 Å². The third-order valence-corrected chi connectivity index (χ3v) is 3.91. The molecule has 0 radical (unpaired) electrons. The highest BCUT2D eigenvalue weighted by Crippen LogP contribution is 2.17. The van der Waals surface area contributed by atoms with Crippen molar-refractivity contribution in [2.75, 3.05) is 37.6 Å². The summed E-state index contributed by atoms with van der Waals surface area (Å²) < 4.78 is 12.9. The maximum atomic E-state index is 12.9. The minimum atomic E-state index is -0.498. The average molecular weight is 321 g/mol. The van der Waals surface area contributed by atoms with E-state index in [2.05, 4.69) is 10.2 Å². The lowest BCUT2D eigenvalue weighted by Gasteiger charge is -2.36. The zero-order chi connectivity index (χ0) is 17.0. The number of hydrogen-bond donors (Lipinski definition) is 1. The van der Waals surface area contributed by atoms with Crippen LogP contribution in [0.3, 0.4) is 0 Å². The molecule has 1 aromatic rings. The summed E-state index contributed by atoms with van der Waals surface area (Å²) in [6, 6.07) is 6.37. The van der Waals surface area contributed by atoms with Crippen LogP contribution in [0, 0.1) is 11.2 Å². The fourth-order valence-electron chi connectivity index (χ4n) is 2.40. The molecule has 0 aromatic heterocycles. The van der Waals surface area contributed by atoms with Gasteiger partial charge in [0.15, 0.2) is 0 Å². The molecule has 23 heavy (non-hydrogen) atoms. The summed E-state index contributed by atoms with van der Waals surface area (Å²) >= 11 is 0. The molecular weight excluding hydrogens is 297 g/mol. The van der Waals surface area contributed by atoms with Gasteiger partial charge in [-0.2, -0.15) is 0 Å². The van der Waals surface area contributed by atoms with Gasteiger partial charge in [0, 0.05) is 37.3 Å². The van der Waals surface area contributed by atoms with E-state index < -0.39 is 5.41 Å². The third-order valence-electron chi connectivity index (χ3n) is 3.91. The summed E-state index contributed by atoms with van der Waals surface area (Å²) in [6.07, 6.45) is 0. The molecule has 126 valence electrons. The van der Waals surface area contributed by atoms with Crippen molar-refractivity contribution in [2.24, 2.45) is 5.41 Å². The maximum absolute atomic E-state index is 12.9. The van der Waals surface area contributed by atoms with Crippen LogP contribution in [0.25, 0.3) is 0 Å². The van der Waals surface area contributed by atoms with Gasteiger partial charge in [-0.3, -0.25) is 9.59 Å². The Morgan fingerprint density at radius 2 is 1.65 bits per heavy atom. The van der Waals surface area contributed by atoms with Crippen molar-refractivity contribution in [2.45, 2.75) is 20.8 Å². The Hall–Kier alpha value is -2.11. The van der Waals surface area contributed by atoms with E-state index in [0.29, 0.717) is 26.2 Å². The van der Waals surface area contributed by atoms with Crippen molar-refractivity contribution in [3.8, 4) is 0 Å². The first-order valence-electron chi connectivity index (χ1n) is 7.84. The van der Waals surface area contributed by atoms with Crippen molar-refractivity contribution in [1.82, 2.24) is 10.2 Å². The van der Waals surface area contributed by atoms with Crippen LogP contribution in [0.15, 0.2) is 24.3 Å². The SMILES string of the molecule is CC(C)(C)C(=O)NCC(=O)N1CCN(c2ccc(F)cc2)CC1. The van der Waals surface area contributed by atoms with E-state index in [1.807, 2.05) is 20.8 Å². The van der Waals surface area contributed by atoms with Crippen LogP contribution in [0.5, 0.6) is 0 Å². The van der Waals surface area contributed by atoms with Crippen molar-refractivity contribution in [3.05, 3.63) is 30.1 Å². The number of carbonyl (C=O) groups excluding carboxylic acids is 2. The molecule has 0 atom stereocenters. The van der Waals surface area contributed by atoms with Crippen LogP contribution in [-0.4, -0.2) is 49.4 Å². The molecule has 1 aromatic carbocycles. The van der Waals surface area contributed by atoms with E-state index in [9.17, 15) is 14.0 Å². The Bertz CT molecular complexity index is 558. The fraction of sp³-hybridized carbons (Fsp3) is 0.529. The quantitative estimate of drug-likeness (QED) is 0.921. The number of piperazine rings is 1. The minimum Gasteiger partial charge on any atom is -0.368 e. The predicted octanol–water partition coefficient (Wildman–Crippen LogP) is 1.64. The Balaban J connectivity index is 1.81. The minimum absolute atomic E-state index is 0.0344. The molecule has 1 fully saturated rings. The summed E-state index contributed by atoms with van der Waals surface area (Å²) in [7, 11) is 0. The van der Waals surface area contributed by atoms with Gasteiger partial charge in [0.1, 0.15) is 5.82 Å². The zero-order valence-corrected chi connectivity index (χ0v) is 13.9. The number of benzene rings is 1. The number of anilines is 1. The van der Waals surface area contributed by atoms with Gasteiger partial charge in [0.05, 0.1) is 6.54 Å². The number of nitrogens with one attached hydrogen (secondary N) is 1. The highest BCUT2D eigenvalue weighted by molar-refractivity contribution is 5.87. The van der Waals surface area contributed by atoms with E-state index in [4.69, 9.17) is 0 Å². The van der Waals surface area contributed by atoms with E-state index in [-0.39, 0.29) is 24.2 Å². The molecule has 2 amide bonds. The monoisotopic (exact) mass is 321 g/mol. The summed E-state index contributed by atoms with van der Waals surface area (Å²) in [5, 5.41) is 2.68. The summed E-state index contributed by atoms with van der Waals surface area (Å²) in [5.74, 6) is -0.450. The van der Waals surface area contributed by atoms with Gasteiger partial charge in [-0.15, -0.1) is 0 Å². The number of nitrogens with zero attached hydrogens (tertiary/aromatic N) is 2. The first kappa shape index (κ1) is 17.2. The molecule has 1 heterocycles. The average Bonchev–Trinajstić information content (AvgIpc) is 2.52. The lowest BCUT2D eigenvalue weighted by Crippen LogP contribution is -2.52. The highest BCUT2D eigenvalue weighted by Gasteiger charge is 2.24. The number of carbonyl (C=O) groups is 2. The standard InChI is InChI=1S/C17H24FN3O2/c1-17(2,3)16(23)19-12-15(22)21-10-8-20(9-11-21)14-6-4-13(18)5-7-14/h4-7H,8-12H2,1-3H3,(H,19,23). The molecule has 0 aliphatic carbocycles. The van der Waals surface area contributed by atoms with Crippen molar-refractivity contribution < 1.29 is 14.0 Å². The van der Waals surface area contributed by atoms with E-state index >= 15 is 0 Å². The van der Waals surface area contributed by atoms with Gasteiger partial charge >= 0.3 is 0 Å². The normalized spacial score (nSPS) is 15.5. The Kier molecular flexibility index (Phi) is 5.23. The smallest absolute Gasteiger partial charge is 0.242 e. The van der Waals surface area contributed by atoms with Gasteiger partial charge in [-0.1, -0.05) is 20.8 Å². The predicted molar refractivity (Wildman–Crippen MR) is 87.7 cm³/mol. The zero-order valence-electron chi connectivity index (χ0n) is 13.9. The second-order valence-electron chi connectivity index (χ2n) is 6.78. The lowest BCUT2D eigenvalue weighted by molar-refractivity contribution is -0.135. The molecule has 2 rings (SSSR count). The molecule has 1 N–H and O–H groups in total. The van der Waals surface area contributed by atoms with Crippen LogP contribution in [0.1, 0.15) is 20.8 Å². The van der Waals surface area contributed by atoms with E-state index in [1.54, 1.807) is 17.0 Å². The fourth-order valence-corrected chi connectivity index (χ4v) is 2.40. The van der Waals surface area contributed by atoms with Gasteiger partial charge in [-0.05, 0) is 24.3 Å². The Labute approximate surface area is 136 Å². The molecule has 0 spiro atoms. The number of halogens is 1. The first-order valence-corrected chi connectivity index (χ1v) is 7.84. The number of rotatable bonds is 3. The molecule has 1 aliphatic rings. The van der Waals surface area contributed by atoms with Gasteiger partial charge < -0.3 is 15.1 Å². The van der Waals surface area contributed by atoms with Crippen LogP contribution in [0.2, 0.25) is 0 Å². The molecule has 0 saturated carbocycles.